The Morgan fingerprint density at radius 2 is 1.79 bits per heavy atom. The molecule has 126 valence electrons. The van der Waals surface area contributed by atoms with Crippen molar-refractivity contribution in [3.05, 3.63) is 71.8 Å². The molecule has 3 rings (SSSR count). The molecule has 1 aliphatic rings. The summed E-state index contributed by atoms with van der Waals surface area (Å²) in [5.41, 5.74) is 2.82. The van der Waals surface area contributed by atoms with Crippen molar-refractivity contribution in [2.24, 2.45) is 0 Å². The third-order valence-electron chi connectivity index (χ3n) is 4.02. The Balaban J connectivity index is 1.82. The van der Waals surface area contributed by atoms with Crippen LogP contribution >= 0.6 is 0 Å². The number of hydrogen-bond acceptors (Lipinski definition) is 5. The predicted octanol–water partition coefficient (Wildman–Crippen LogP) is 3.89. The molecular weight excluding hydrogens is 306 g/mol. The van der Waals surface area contributed by atoms with Gasteiger partial charge in [-0.2, -0.15) is 0 Å². The molecule has 5 nitrogen and oxygen atoms in total. The maximum atomic E-state index is 5.89. The SMILES string of the molecule is CCC1(c2ccnc(OC)c2COCc2ccccc2)OC=CO1. The molecule has 0 saturated carbocycles. The van der Waals surface area contributed by atoms with Crippen LogP contribution in [0.1, 0.15) is 30.0 Å². The van der Waals surface area contributed by atoms with Crippen LogP contribution < -0.4 is 4.74 Å². The lowest BCUT2D eigenvalue weighted by Gasteiger charge is -2.29. The highest BCUT2D eigenvalue weighted by atomic mass is 16.7. The molecule has 1 aromatic heterocycles. The highest BCUT2D eigenvalue weighted by molar-refractivity contribution is 5.37. The lowest BCUT2D eigenvalue weighted by Crippen LogP contribution is -2.28. The molecule has 1 aliphatic heterocycles. The highest BCUT2D eigenvalue weighted by Gasteiger charge is 2.39. The molecule has 0 spiro atoms. The van der Waals surface area contributed by atoms with Crippen LogP contribution in [0.25, 0.3) is 0 Å². The molecule has 0 amide bonds. The van der Waals surface area contributed by atoms with E-state index in [0.717, 1.165) is 16.7 Å². The molecule has 2 aromatic rings. The minimum absolute atomic E-state index is 0.357. The summed E-state index contributed by atoms with van der Waals surface area (Å²) in [6.45, 7) is 2.88. The number of hydrogen-bond donors (Lipinski definition) is 0. The van der Waals surface area contributed by atoms with Gasteiger partial charge in [-0.25, -0.2) is 4.98 Å². The fourth-order valence-corrected chi connectivity index (χ4v) is 2.78. The molecular formula is C19H21NO4. The van der Waals surface area contributed by atoms with E-state index in [0.29, 0.717) is 25.5 Å². The first-order valence-corrected chi connectivity index (χ1v) is 7.93. The summed E-state index contributed by atoms with van der Waals surface area (Å²) in [6, 6.07) is 11.9. The first-order valence-electron chi connectivity index (χ1n) is 7.93. The second kappa shape index (κ2) is 7.36. The third kappa shape index (κ3) is 3.21. The average molecular weight is 327 g/mol. The van der Waals surface area contributed by atoms with Gasteiger partial charge in [0.2, 0.25) is 5.88 Å². The second-order valence-corrected chi connectivity index (χ2v) is 5.44. The van der Waals surface area contributed by atoms with E-state index in [1.54, 1.807) is 25.8 Å². The van der Waals surface area contributed by atoms with Crippen molar-refractivity contribution in [2.75, 3.05) is 7.11 Å². The van der Waals surface area contributed by atoms with Crippen molar-refractivity contribution in [3.63, 3.8) is 0 Å². The normalized spacial score (nSPS) is 14.9. The quantitative estimate of drug-likeness (QED) is 0.772. The van der Waals surface area contributed by atoms with E-state index >= 15 is 0 Å². The number of pyridine rings is 1. The Labute approximate surface area is 141 Å². The summed E-state index contributed by atoms with van der Waals surface area (Å²) in [4.78, 5) is 4.29. The maximum absolute atomic E-state index is 5.89. The smallest absolute Gasteiger partial charge is 0.277 e. The van der Waals surface area contributed by atoms with E-state index in [1.807, 2.05) is 43.3 Å². The molecule has 0 N–H and O–H groups in total. The molecule has 0 saturated heterocycles. The van der Waals surface area contributed by atoms with Crippen molar-refractivity contribution >= 4 is 0 Å². The first kappa shape index (κ1) is 16.3. The van der Waals surface area contributed by atoms with Crippen LogP contribution in [0.5, 0.6) is 5.88 Å². The van der Waals surface area contributed by atoms with Crippen molar-refractivity contribution in [3.8, 4) is 5.88 Å². The zero-order valence-corrected chi connectivity index (χ0v) is 13.9. The minimum atomic E-state index is -0.846. The highest BCUT2D eigenvalue weighted by Crippen LogP contribution is 2.39. The molecule has 1 aromatic carbocycles. The Hall–Kier alpha value is -2.53. The minimum Gasteiger partial charge on any atom is -0.481 e. The van der Waals surface area contributed by atoms with Crippen LogP contribution in [0.4, 0.5) is 0 Å². The number of methoxy groups -OCH3 is 1. The molecule has 0 atom stereocenters. The van der Waals surface area contributed by atoms with Gasteiger partial charge in [-0.3, -0.25) is 0 Å². The van der Waals surface area contributed by atoms with Crippen molar-refractivity contribution in [1.29, 1.82) is 0 Å². The fourth-order valence-electron chi connectivity index (χ4n) is 2.78. The van der Waals surface area contributed by atoms with E-state index in [9.17, 15) is 0 Å². The summed E-state index contributed by atoms with van der Waals surface area (Å²) in [6.07, 6.45) is 5.46. The van der Waals surface area contributed by atoms with Gasteiger partial charge in [0, 0.05) is 18.2 Å². The van der Waals surface area contributed by atoms with E-state index < -0.39 is 5.79 Å². The van der Waals surface area contributed by atoms with Crippen LogP contribution in [0.3, 0.4) is 0 Å². The van der Waals surface area contributed by atoms with Crippen molar-refractivity contribution < 1.29 is 18.9 Å². The van der Waals surface area contributed by atoms with Crippen molar-refractivity contribution in [1.82, 2.24) is 4.98 Å². The average Bonchev–Trinajstić information content (AvgIpc) is 3.13. The van der Waals surface area contributed by atoms with E-state index in [2.05, 4.69) is 4.98 Å². The van der Waals surface area contributed by atoms with Crippen LogP contribution in [-0.2, 0) is 33.2 Å². The van der Waals surface area contributed by atoms with Crippen LogP contribution in [0, 0.1) is 0 Å². The summed E-state index contributed by atoms with van der Waals surface area (Å²) < 4.78 is 22.8. The maximum Gasteiger partial charge on any atom is 0.277 e. The molecule has 0 radical (unpaired) electrons. The summed E-state index contributed by atoms with van der Waals surface area (Å²) in [5, 5.41) is 0. The Bertz CT molecular complexity index is 692. The zero-order chi connectivity index (χ0) is 16.8. The lowest BCUT2D eigenvalue weighted by atomic mass is 9.99. The molecule has 24 heavy (non-hydrogen) atoms. The zero-order valence-electron chi connectivity index (χ0n) is 13.9. The first-order chi connectivity index (χ1) is 11.8. The standard InChI is InChI=1S/C19H21NO4/c1-3-19(23-11-12-24-19)17-9-10-20-18(21-2)16(17)14-22-13-15-7-5-4-6-8-15/h4-12H,3,13-14H2,1-2H3. The van der Waals surface area contributed by atoms with Crippen molar-refractivity contribution in [2.45, 2.75) is 32.3 Å². The number of benzene rings is 1. The molecule has 0 bridgehead atoms. The fraction of sp³-hybridized carbons (Fsp3) is 0.316. The van der Waals surface area contributed by atoms with Crippen LogP contribution in [0.2, 0.25) is 0 Å². The second-order valence-electron chi connectivity index (χ2n) is 5.44. The summed E-state index contributed by atoms with van der Waals surface area (Å²) in [5.74, 6) is -0.325. The lowest BCUT2D eigenvalue weighted by molar-refractivity contribution is -0.153. The largest absolute Gasteiger partial charge is 0.481 e. The Kier molecular flexibility index (Phi) is 5.01. The molecule has 0 aliphatic carbocycles. The van der Waals surface area contributed by atoms with Gasteiger partial charge in [0.15, 0.2) is 0 Å². The van der Waals surface area contributed by atoms with Gasteiger partial charge < -0.3 is 18.9 Å². The van der Waals surface area contributed by atoms with Gasteiger partial charge in [0.1, 0.15) is 12.5 Å². The summed E-state index contributed by atoms with van der Waals surface area (Å²) >= 11 is 0. The van der Waals surface area contributed by atoms with E-state index in [-0.39, 0.29) is 0 Å². The molecule has 0 fully saturated rings. The number of nitrogens with zero attached hydrogens (tertiary/aromatic N) is 1. The van der Waals surface area contributed by atoms with Gasteiger partial charge in [-0.1, -0.05) is 37.3 Å². The molecule has 0 unspecified atom stereocenters. The molecule has 5 heteroatoms. The van der Waals surface area contributed by atoms with E-state index in [4.69, 9.17) is 18.9 Å². The Morgan fingerprint density at radius 3 is 2.46 bits per heavy atom. The van der Waals surface area contributed by atoms with E-state index in [1.165, 1.54) is 0 Å². The van der Waals surface area contributed by atoms with Gasteiger partial charge >= 0.3 is 0 Å². The monoisotopic (exact) mass is 327 g/mol. The van der Waals surface area contributed by atoms with Gasteiger partial charge in [-0.15, -0.1) is 0 Å². The third-order valence-corrected chi connectivity index (χ3v) is 4.02. The summed E-state index contributed by atoms with van der Waals surface area (Å²) in [7, 11) is 1.60. The van der Waals surface area contributed by atoms with Gasteiger partial charge in [-0.05, 0) is 11.6 Å². The molecule has 2 heterocycles. The topological polar surface area (TPSA) is 49.8 Å². The van der Waals surface area contributed by atoms with Gasteiger partial charge in [0.25, 0.3) is 5.79 Å². The van der Waals surface area contributed by atoms with Crippen LogP contribution in [-0.4, -0.2) is 12.1 Å². The number of ether oxygens (including phenoxy) is 4. The van der Waals surface area contributed by atoms with Crippen LogP contribution in [0.15, 0.2) is 55.1 Å². The Morgan fingerprint density at radius 1 is 1.04 bits per heavy atom. The number of aromatic nitrogens is 1. The predicted molar refractivity (Wildman–Crippen MR) is 89.0 cm³/mol. The number of rotatable bonds is 7. The van der Waals surface area contributed by atoms with Gasteiger partial charge in [0.05, 0.1) is 25.9 Å².